The van der Waals surface area contributed by atoms with Crippen LogP contribution in [-0.4, -0.2) is 10.9 Å². The molecule has 0 spiro atoms. The molecule has 4 nitrogen and oxygen atoms in total. The predicted octanol–water partition coefficient (Wildman–Crippen LogP) is 2.79. The van der Waals surface area contributed by atoms with Crippen molar-refractivity contribution in [2.75, 3.05) is 11.1 Å². The number of amides is 1. The Morgan fingerprint density at radius 3 is 2.84 bits per heavy atom. The molecule has 1 heterocycles. The summed E-state index contributed by atoms with van der Waals surface area (Å²) in [5, 5.41) is 2.94. The van der Waals surface area contributed by atoms with E-state index in [9.17, 15) is 4.79 Å². The molecule has 0 radical (unpaired) electrons. The van der Waals surface area contributed by atoms with E-state index in [0.717, 1.165) is 23.2 Å². The first-order chi connectivity index (χ1) is 9.13. The van der Waals surface area contributed by atoms with Crippen molar-refractivity contribution in [3.8, 4) is 0 Å². The lowest BCUT2D eigenvalue weighted by Gasteiger charge is -2.13. The van der Waals surface area contributed by atoms with Gasteiger partial charge < -0.3 is 11.1 Å². The maximum absolute atomic E-state index is 12.2. The zero-order valence-electron chi connectivity index (χ0n) is 11.1. The standard InChI is InChI=1S/C15H17N3O/c1-3-11-6-4-5-10(2)14(11)18-15(19)12-7-8-17-9-13(12)16/h4-9H,3,16H2,1-2H3,(H,18,19). The molecular formula is C15H17N3O. The average molecular weight is 255 g/mol. The van der Waals surface area contributed by atoms with Gasteiger partial charge in [-0.2, -0.15) is 0 Å². The minimum absolute atomic E-state index is 0.205. The molecule has 2 rings (SSSR count). The fourth-order valence-corrected chi connectivity index (χ4v) is 2.00. The maximum atomic E-state index is 12.2. The third kappa shape index (κ3) is 2.73. The van der Waals surface area contributed by atoms with Gasteiger partial charge in [0.1, 0.15) is 0 Å². The number of nitrogen functional groups attached to an aromatic ring is 1. The van der Waals surface area contributed by atoms with Crippen LogP contribution in [0.3, 0.4) is 0 Å². The quantitative estimate of drug-likeness (QED) is 0.886. The molecule has 0 aliphatic carbocycles. The number of carbonyl (C=O) groups excluding carboxylic acids is 1. The van der Waals surface area contributed by atoms with Crippen LogP contribution in [0.2, 0.25) is 0 Å². The summed E-state index contributed by atoms with van der Waals surface area (Å²) < 4.78 is 0. The van der Waals surface area contributed by atoms with Crippen LogP contribution in [-0.2, 0) is 6.42 Å². The Balaban J connectivity index is 2.32. The number of rotatable bonds is 3. The van der Waals surface area contributed by atoms with Crippen molar-refractivity contribution < 1.29 is 4.79 Å². The number of hydrogen-bond acceptors (Lipinski definition) is 3. The highest BCUT2D eigenvalue weighted by Gasteiger charge is 2.12. The smallest absolute Gasteiger partial charge is 0.257 e. The average Bonchev–Trinajstić information content (AvgIpc) is 2.41. The van der Waals surface area contributed by atoms with Gasteiger partial charge in [0, 0.05) is 11.9 Å². The normalized spacial score (nSPS) is 10.2. The molecule has 1 aromatic heterocycles. The summed E-state index contributed by atoms with van der Waals surface area (Å²) >= 11 is 0. The Hall–Kier alpha value is -2.36. The number of hydrogen-bond donors (Lipinski definition) is 2. The summed E-state index contributed by atoms with van der Waals surface area (Å²) in [5.74, 6) is -0.205. The summed E-state index contributed by atoms with van der Waals surface area (Å²) in [4.78, 5) is 16.1. The van der Waals surface area contributed by atoms with Gasteiger partial charge in [-0.3, -0.25) is 9.78 Å². The number of nitrogens with one attached hydrogen (secondary N) is 1. The highest BCUT2D eigenvalue weighted by Crippen LogP contribution is 2.22. The molecule has 1 aromatic carbocycles. The molecule has 0 saturated heterocycles. The molecule has 0 aliphatic heterocycles. The summed E-state index contributed by atoms with van der Waals surface area (Å²) in [5.41, 5.74) is 9.61. The van der Waals surface area contributed by atoms with Gasteiger partial charge in [0.15, 0.2) is 0 Å². The van der Waals surface area contributed by atoms with Crippen LogP contribution < -0.4 is 11.1 Å². The molecule has 19 heavy (non-hydrogen) atoms. The van der Waals surface area contributed by atoms with Crippen molar-refractivity contribution in [3.63, 3.8) is 0 Å². The van der Waals surface area contributed by atoms with E-state index in [2.05, 4.69) is 17.2 Å². The Bertz CT molecular complexity index is 608. The summed E-state index contributed by atoms with van der Waals surface area (Å²) in [6.07, 6.45) is 3.90. The Kier molecular flexibility index (Phi) is 3.80. The second kappa shape index (κ2) is 5.52. The molecule has 0 aliphatic rings. The first-order valence-corrected chi connectivity index (χ1v) is 6.22. The predicted molar refractivity (Wildman–Crippen MR) is 77.2 cm³/mol. The van der Waals surface area contributed by atoms with E-state index < -0.39 is 0 Å². The van der Waals surface area contributed by atoms with Crippen molar-refractivity contribution in [1.29, 1.82) is 0 Å². The van der Waals surface area contributed by atoms with E-state index in [1.807, 2.05) is 25.1 Å². The summed E-state index contributed by atoms with van der Waals surface area (Å²) in [6, 6.07) is 7.60. The number of nitrogens with two attached hydrogens (primary N) is 1. The number of pyridine rings is 1. The number of nitrogens with zero attached hydrogens (tertiary/aromatic N) is 1. The van der Waals surface area contributed by atoms with E-state index in [-0.39, 0.29) is 5.91 Å². The molecule has 0 fully saturated rings. The summed E-state index contributed by atoms with van der Waals surface area (Å²) in [7, 11) is 0. The number of aromatic nitrogens is 1. The van der Waals surface area contributed by atoms with Gasteiger partial charge in [-0.1, -0.05) is 25.1 Å². The molecule has 3 N–H and O–H groups in total. The zero-order valence-corrected chi connectivity index (χ0v) is 11.1. The van der Waals surface area contributed by atoms with E-state index in [0.29, 0.717) is 11.3 Å². The lowest BCUT2D eigenvalue weighted by Crippen LogP contribution is -2.16. The van der Waals surface area contributed by atoms with Crippen LogP contribution in [0.1, 0.15) is 28.4 Å². The molecule has 4 heteroatoms. The van der Waals surface area contributed by atoms with Gasteiger partial charge in [-0.25, -0.2) is 0 Å². The van der Waals surface area contributed by atoms with Gasteiger partial charge >= 0.3 is 0 Å². The summed E-state index contributed by atoms with van der Waals surface area (Å²) in [6.45, 7) is 4.04. The van der Waals surface area contributed by atoms with Crippen molar-refractivity contribution in [3.05, 3.63) is 53.3 Å². The van der Waals surface area contributed by atoms with E-state index >= 15 is 0 Å². The van der Waals surface area contributed by atoms with Gasteiger partial charge in [0.2, 0.25) is 0 Å². The highest BCUT2D eigenvalue weighted by molar-refractivity contribution is 6.08. The van der Waals surface area contributed by atoms with Crippen molar-refractivity contribution >= 4 is 17.3 Å². The Morgan fingerprint density at radius 1 is 1.37 bits per heavy atom. The molecular weight excluding hydrogens is 238 g/mol. The van der Waals surface area contributed by atoms with E-state index in [4.69, 9.17) is 5.73 Å². The molecule has 98 valence electrons. The first kappa shape index (κ1) is 13.1. The molecule has 0 atom stereocenters. The third-order valence-corrected chi connectivity index (χ3v) is 3.08. The zero-order chi connectivity index (χ0) is 13.8. The number of anilines is 2. The van der Waals surface area contributed by atoms with Crippen LogP contribution >= 0.6 is 0 Å². The monoisotopic (exact) mass is 255 g/mol. The number of para-hydroxylation sites is 1. The van der Waals surface area contributed by atoms with Crippen LogP contribution in [0.15, 0.2) is 36.7 Å². The van der Waals surface area contributed by atoms with Crippen LogP contribution in [0.4, 0.5) is 11.4 Å². The Labute approximate surface area is 112 Å². The number of carbonyl (C=O) groups is 1. The molecule has 2 aromatic rings. The van der Waals surface area contributed by atoms with Crippen LogP contribution in [0, 0.1) is 6.92 Å². The second-order valence-electron chi connectivity index (χ2n) is 4.38. The Morgan fingerprint density at radius 2 is 2.16 bits per heavy atom. The van der Waals surface area contributed by atoms with Crippen molar-refractivity contribution in [1.82, 2.24) is 4.98 Å². The van der Waals surface area contributed by atoms with Crippen LogP contribution in [0.5, 0.6) is 0 Å². The molecule has 1 amide bonds. The van der Waals surface area contributed by atoms with Gasteiger partial charge in [-0.15, -0.1) is 0 Å². The maximum Gasteiger partial charge on any atom is 0.257 e. The van der Waals surface area contributed by atoms with Crippen molar-refractivity contribution in [2.45, 2.75) is 20.3 Å². The second-order valence-corrected chi connectivity index (χ2v) is 4.38. The largest absolute Gasteiger partial charge is 0.397 e. The minimum Gasteiger partial charge on any atom is -0.397 e. The van der Waals surface area contributed by atoms with E-state index in [1.165, 1.54) is 6.20 Å². The first-order valence-electron chi connectivity index (χ1n) is 6.22. The minimum atomic E-state index is -0.205. The van der Waals surface area contributed by atoms with Gasteiger partial charge in [-0.05, 0) is 30.5 Å². The molecule has 0 saturated carbocycles. The fraction of sp³-hybridized carbons (Fsp3) is 0.200. The molecule has 0 bridgehead atoms. The van der Waals surface area contributed by atoms with E-state index in [1.54, 1.807) is 12.3 Å². The van der Waals surface area contributed by atoms with Gasteiger partial charge in [0.25, 0.3) is 5.91 Å². The third-order valence-electron chi connectivity index (χ3n) is 3.08. The number of aryl methyl sites for hydroxylation is 2. The SMILES string of the molecule is CCc1cccc(C)c1NC(=O)c1ccncc1N. The topological polar surface area (TPSA) is 68.0 Å². The van der Waals surface area contributed by atoms with Crippen molar-refractivity contribution in [2.24, 2.45) is 0 Å². The van der Waals surface area contributed by atoms with Gasteiger partial charge in [0.05, 0.1) is 17.4 Å². The molecule has 0 unspecified atom stereocenters. The lowest BCUT2D eigenvalue weighted by atomic mass is 10.1. The fourth-order valence-electron chi connectivity index (χ4n) is 2.00. The highest BCUT2D eigenvalue weighted by atomic mass is 16.1. The number of benzene rings is 1. The van der Waals surface area contributed by atoms with Crippen LogP contribution in [0.25, 0.3) is 0 Å². The lowest BCUT2D eigenvalue weighted by molar-refractivity contribution is 0.102.